The molecule has 28 heavy (non-hydrogen) atoms. The van der Waals surface area contributed by atoms with Crippen LogP contribution in [-0.2, 0) is 0 Å². The molecule has 1 fully saturated rings. The minimum Gasteiger partial charge on any atom is -0.231 e. The normalized spacial score (nSPS) is 29.9. The SMILES string of the molecule is BB(C(B)(C)CC)C(C)(CC)C1CCCCC(BS)CCC(BS)CCCC1. The molecule has 0 heterocycles. The largest absolute Gasteiger partial charge is 0.231 e. The Morgan fingerprint density at radius 3 is 1.61 bits per heavy atom. The van der Waals surface area contributed by atoms with Gasteiger partial charge in [0.1, 0.15) is 6.60 Å². The Hall–Kier alpha value is 1.02. The van der Waals surface area contributed by atoms with Crippen molar-refractivity contribution in [1.29, 1.82) is 0 Å². The average Bonchev–Trinajstić information content (AvgIpc) is 2.72. The molecule has 4 unspecified atom stereocenters. The zero-order chi connectivity index (χ0) is 21.2. The molecule has 158 valence electrons. The zero-order valence-corrected chi connectivity index (χ0v) is 21.9. The molecule has 1 aliphatic carbocycles. The van der Waals surface area contributed by atoms with Crippen LogP contribution >= 0.6 is 25.0 Å². The second-order valence-electron chi connectivity index (χ2n) is 10.9. The molecule has 0 aromatic carbocycles. The highest BCUT2D eigenvalue weighted by Crippen LogP contribution is 2.52. The molecule has 1 saturated carbocycles. The van der Waals surface area contributed by atoms with Gasteiger partial charge in [-0.3, -0.25) is 0 Å². The highest BCUT2D eigenvalue weighted by Gasteiger charge is 2.44. The van der Waals surface area contributed by atoms with Crippen LogP contribution in [0, 0.1) is 5.92 Å². The van der Waals surface area contributed by atoms with Gasteiger partial charge in [-0.1, -0.05) is 127 Å². The predicted molar refractivity (Wildman–Crippen MR) is 150 cm³/mol. The van der Waals surface area contributed by atoms with E-state index in [-0.39, 0.29) is 0 Å². The van der Waals surface area contributed by atoms with Crippen LogP contribution in [0.4, 0.5) is 0 Å². The summed E-state index contributed by atoms with van der Waals surface area (Å²) < 4.78 is 0. The molecule has 0 aromatic rings. The Morgan fingerprint density at radius 1 is 0.821 bits per heavy atom. The molecule has 0 aliphatic heterocycles. The van der Waals surface area contributed by atoms with Crippen molar-refractivity contribution >= 4 is 60.3 Å². The summed E-state index contributed by atoms with van der Waals surface area (Å²) in [7, 11) is 5.06. The predicted octanol–water partition coefficient (Wildman–Crippen LogP) is 5.21. The van der Waals surface area contributed by atoms with Crippen LogP contribution in [0.2, 0.25) is 22.2 Å². The van der Waals surface area contributed by atoms with E-state index < -0.39 is 0 Å². The van der Waals surface area contributed by atoms with Crippen LogP contribution in [0.15, 0.2) is 0 Å². The van der Waals surface area contributed by atoms with Crippen LogP contribution in [0.1, 0.15) is 105 Å². The number of hydrogen-bond acceptors (Lipinski definition) is 2. The third-order valence-corrected chi connectivity index (χ3v) is 10.1. The molecule has 1 rings (SSSR count). The Labute approximate surface area is 192 Å². The number of hydrogen-bond donors (Lipinski definition) is 2. The Morgan fingerprint density at radius 2 is 1.25 bits per heavy atom. The third kappa shape index (κ3) is 7.94. The van der Waals surface area contributed by atoms with Crippen LogP contribution in [-0.4, -0.2) is 35.3 Å². The molecule has 0 spiro atoms. The van der Waals surface area contributed by atoms with E-state index in [2.05, 4.69) is 68.2 Å². The van der Waals surface area contributed by atoms with Gasteiger partial charge in [-0.25, -0.2) is 25.0 Å². The summed E-state index contributed by atoms with van der Waals surface area (Å²) >= 11 is 9.33. The smallest absolute Gasteiger partial charge is 0.190 e. The van der Waals surface area contributed by atoms with Crippen molar-refractivity contribution in [2.24, 2.45) is 5.92 Å². The molecular formula is C21H47B5S2. The fourth-order valence-corrected chi connectivity index (χ4v) is 6.45. The summed E-state index contributed by atoms with van der Waals surface area (Å²) in [6.07, 6.45) is 16.6. The monoisotopic (exact) mass is 418 g/mol. The minimum absolute atomic E-state index is 0.431. The molecule has 0 N–H and O–H groups in total. The minimum atomic E-state index is 0.431. The first-order valence-electron chi connectivity index (χ1n) is 12.5. The lowest BCUT2D eigenvalue weighted by Gasteiger charge is -2.48. The molecular weight excluding hydrogens is 370 g/mol. The second-order valence-corrected chi connectivity index (χ2v) is 11.6. The molecule has 0 nitrogen and oxygen atoms in total. The fourth-order valence-electron chi connectivity index (χ4n) is 5.72. The van der Waals surface area contributed by atoms with Crippen molar-refractivity contribution in [3.05, 3.63) is 0 Å². The van der Waals surface area contributed by atoms with E-state index in [9.17, 15) is 0 Å². The van der Waals surface area contributed by atoms with Gasteiger partial charge in [-0.2, -0.15) is 0 Å². The van der Waals surface area contributed by atoms with E-state index in [1.54, 1.807) is 0 Å². The van der Waals surface area contributed by atoms with E-state index in [4.69, 9.17) is 0 Å². The third-order valence-electron chi connectivity index (χ3n) is 9.10. The van der Waals surface area contributed by atoms with Crippen LogP contribution in [0.3, 0.4) is 0 Å². The average molecular weight is 418 g/mol. The van der Waals surface area contributed by atoms with Crippen molar-refractivity contribution in [3.8, 4) is 0 Å². The van der Waals surface area contributed by atoms with Crippen LogP contribution in [0.25, 0.3) is 0 Å². The van der Waals surface area contributed by atoms with E-state index in [1.807, 2.05) is 0 Å². The fraction of sp³-hybridized carbons (Fsp3) is 1.00. The first kappa shape index (κ1) is 27.1. The standard InChI is InChI=1S/C21H47B5S2/c1-5-20(3,26(23)21(4,22)6-2)17-11-7-9-13-18(24-27)15-16-19(25-28)14-10-8-12-17/h17-19,24-25,27-28H,5-16,22-23H2,1-4H3. The van der Waals surface area contributed by atoms with Gasteiger partial charge in [0, 0.05) is 0 Å². The van der Waals surface area contributed by atoms with Gasteiger partial charge in [0.25, 0.3) is 0 Å². The summed E-state index contributed by atoms with van der Waals surface area (Å²) in [5.74, 6) is 2.52. The first-order valence-corrected chi connectivity index (χ1v) is 13.7. The van der Waals surface area contributed by atoms with Gasteiger partial charge in [0.05, 0.1) is 15.6 Å². The number of thiol groups is 2. The summed E-state index contributed by atoms with van der Waals surface area (Å²) in [6, 6.07) is 0. The van der Waals surface area contributed by atoms with Crippen molar-refractivity contribution in [2.45, 2.75) is 127 Å². The van der Waals surface area contributed by atoms with Crippen molar-refractivity contribution in [1.82, 2.24) is 0 Å². The summed E-state index contributed by atoms with van der Waals surface area (Å²) in [6.45, 7) is 12.9. The van der Waals surface area contributed by atoms with E-state index in [1.165, 1.54) is 77.0 Å². The highest BCUT2D eigenvalue weighted by molar-refractivity contribution is 8.07. The molecule has 4 atom stereocenters. The highest BCUT2D eigenvalue weighted by atomic mass is 32.1. The Bertz CT molecular complexity index is 404. The van der Waals surface area contributed by atoms with E-state index >= 15 is 0 Å². The topological polar surface area (TPSA) is 0 Å². The summed E-state index contributed by atoms with van der Waals surface area (Å²) in [4.78, 5) is 0. The van der Waals surface area contributed by atoms with Gasteiger partial charge < -0.3 is 0 Å². The molecule has 0 aromatic heterocycles. The number of rotatable bonds is 7. The van der Waals surface area contributed by atoms with Crippen molar-refractivity contribution in [3.63, 3.8) is 0 Å². The zero-order valence-electron chi connectivity index (χ0n) is 20.1. The van der Waals surface area contributed by atoms with Crippen molar-refractivity contribution in [2.75, 3.05) is 0 Å². The van der Waals surface area contributed by atoms with Gasteiger partial charge >= 0.3 is 0 Å². The van der Waals surface area contributed by atoms with Gasteiger partial charge in [-0.05, 0) is 5.92 Å². The lowest BCUT2D eigenvalue weighted by molar-refractivity contribution is 0.297. The quantitative estimate of drug-likeness (QED) is 0.412. The lowest BCUT2D eigenvalue weighted by atomic mass is 9.07. The maximum Gasteiger partial charge on any atom is 0.190 e. The Kier molecular flexibility index (Phi) is 13.0. The Balaban J connectivity index is 2.93. The first-order chi connectivity index (χ1) is 13.2. The second kappa shape index (κ2) is 13.4. The van der Waals surface area contributed by atoms with Gasteiger partial charge in [0.2, 0.25) is 0 Å². The molecule has 7 heteroatoms. The maximum atomic E-state index is 4.67. The van der Waals surface area contributed by atoms with E-state index in [0.29, 0.717) is 10.5 Å². The maximum absolute atomic E-state index is 4.67. The molecule has 1 aliphatic rings. The molecule has 0 amide bonds. The lowest BCUT2D eigenvalue weighted by Crippen LogP contribution is -2.45. The van der Waals surface area contributed by atoms with E-state index in [0.717, 1.165) is 37.3 Å². The van der Waals surface area contributed by atoms with Crippen molar-refractivity contribution < 1.29 is 0 Å². The van der Waals surface area contributed by atoms with Crippen LogP contribution in [0.5, 0.6) is 0 Å². The molecule has 0 radical (unpaired) electrons. The van der Waals surface area contributed by atoms with Crippen LogP contribution < -0.4 is 0 Å². The molecule has 0 bridgehead atoms. The summed E-state index contributed by atoms with van der Waals surface area (Å²) in [5, 5.41) is 0.895. The molecule has 0 saturated heterocycles. The summed E-state index contributed by atoms with van der Waals surface area (Å²) in [5.41, 5.74) is 0. The van der Waals surface area contributed by atoms with Gasteiger partial charge in [-0.15, -0.1) is 0 Å². The van der Waals surface area contributed by atoms with Gasteiger partial charge in [0.15, 0.2) is 13.1 Å².